The number of ether oxygens (including phenoxy) is 1. The molecule has 4 aromatic rings. The average Bonchev–Trinajstić information content (AvgIpc) is 3.32. The molecule has 170 valence electrons. The summed E-state index contributed by atoms with van der Waals surface area (Å²) >= 11 is 0. The number of anilines is 1. The fourth-order valence-electron chi connectivity index (χ4n) is 3.67. The van der Waals surface area contributed by atoms with Crippen LogP contribution in [0.3, 0.4) is 0 Å². The minimum Gasteiger partial charge on any atom is -0.490 e. The van der Waals surface area contributed by atoms with Gasteiger partial charge in [0.2, 0.25) is 5.91 Å². The van der Waals surface area contributed by atoms with Gasteiger partial charge in [0.1, 0.15) is 18.5 Å². The second-order valence-electron chi connectivity index (χ2n) is 8.02. The van der Waals surface area contributed by atoms with Gasteiger partial charge in [0.25, 0.3) is 0 Å². The van der Waals surface area contributed by atoms with Crippen molar-refractivity contribution in [3.63, 3.8) is 0 Å². The molecular formula is C27H29N3O3. The van der Waals surface area contributed by atoms with Crippen LogP contribution >= 0.6 is 0 Å². The lowest BCUT2D eigenvalue weighted by Gasteiger charge is -2.14. The Balaban J connectivity index is 1.14. The van der Waals surface area contributed by atoms with Crippen LogP contribution in [0, 0.1) is 0 Å². The van der Waals surface area contributed by atoms with Crippen LogP contribution in [0.1, 0.15) is 11.1 Å². The Labute approximate surface area is 193 Å². The largest absolute Gasteiger partial charge is 0.490 e. The molecule has 3 aromatic carbocycles. The van der Waals surface area contributed by atoms with Gasteiger partial charge >= 0.3 is 0 Å². The van der Waals surface area contributed by atoms with Crippen molar-refractivity contribution in [2.75, 3.05) is 25.0 Å². The molecule has 6 heteroatoms. The van der Waals surface area contributed by atoms with E-state index in [-0.39, 0.29) is 12.5 Å². The zero-order valence-electron chi connectivity index (χ0n) is 18.5. The van der Waals surface area contributed by atoms with E-state index in [0.717, 1.165) is 46.4 Å². The second-order valence-corrected chi connectivity index (χ2v) is 8.02. The summed E-state index contributed by atoms with van der Waals surface area (Å²) in [6.45, 7) is 1.43. The molecule has 1 aromatic heterocycles. The predicted octanol–water partition coefficient (Wildman–Crippen LogP) is 3.92. The first-order valence-corrected chi connectivity index (χ1v) is 11.2. The van der Waals surface area contributed by atoms with Crippen LogP contribution in [0.4, 0.5) is 5.69 Å². The van der Waals surface area contributed by atoms with Gasteiger partial charge in [-0.25, -0.2) is 0 Å². The summed E-state index contributed by atoms with van der Waals surface area (Å²) in [6.07, 6.45) is 2.47. The molecule has 0 saturated heterocycles. The fraction of sp³-hybridized carbons (Fsp3) is 0.222. The number of aliphatic hydroxyl groups excluding tert-OH is 1. The quantitative estimate of drug-likeness (QED) is 0.265. The predicted molar refractivity (Wildman–Crippen MR) is 132 cm³/mol. The molecule has 1 amide bonds. The normalized spacial score (nSPS) is 11.9. The number of aromatic nitrogens is 1. The van der Waals surface area contributed by atoms with Crippen molar-refractivity contribution in [1.82, 2.24) is 10.3 Å². The van der Waals surface area contributed by atoms with Gasteiger partial charge in [0, 0.05) is 29.3 Å². The van der Waals surface area contributed by atoms with Crippen molar-refractivity contribution in [1.29, 1.82) is 0 Å². The van der Waals surface area contributed by atoms with E-state index in [4.69, 9.17) is 4.74 Å². The van der Waals surface area contributed by atoms with Crippen molar-refractivity contribution in [2.24, 2.45) is 0 Å². The highest BCUT2D eigenvalue weighted by Crippen LogP contribution is 2.24. The number of benzene rings is 3. The topological polar surface area (TPSA) is 86.4 Å². The van der Waals surface area contributed by atoms with E-state index >= 15 is 0 Å². The van der Waals surface area contributed by atoms with Crippen LogP contribution in [-0.2, 0) is 17.6 Å². The van der Waals surface area contributed by atoms with Crippen molar-refractivity contribution < 1.29 is 14.6 Å². The Bertz CT molecular complexity index is 1160. The Kier molecular flexibility index (Phi) is 7.74. The number of amides is 1. The van der Waals surface area contributed by atoms with Crippen molar-refractivity contribution in [2.45, 2.75) is 18.9 Å². The van der Waals surface area contributed by atoms with Crippen LogP contribution in [0.5, 0.6) is 5.75 Å². The van der Waals surface area contributed by atoms with E-state index in [9.17, 15) is 9.90 Å². The van der Waals surface area contributed by atoms with E-state index < -0.39 is 6.10 Å². The molecule has 0 aliphatic rings. The second kappa shape index (κ2) is 11.3. The molecule has 0 saturated carbocycles. The molecule has 0 aliphatic carbocycles. The first kappa shape index (κ1) is 22.6. The molecule has 0 bridgehead atoms. The Morgan fingerprint density at radius 3 is 2.58 bits per heavy atom. The average molecular weight is 444 g/mol. The molecule has 1 heterocycles. The van der Waals surface area contributed by atoms with Crippen LogP contribution in [0.2, 0.25) is 0 Å². The Hall–Kier alpha value is -3.61. The first-order chi connectivity index (χ1) is 16.2. The van der Waals surface area contributed by atoms with Gasteiger partial charge in [-0.1, -0.05) is 48.5 Å². The van der Waals surface area contributed by atoms with Gasteiger partial charge in [-0.15, -0.1) is 0 Å². The Morgan fingerprint density at radius 2 is 1.76 bits per heavy atom. The lowest BCUT2D eigenvalue weighted by Crippen LogP contribution is -2.32. The number of hydrogen-bond acceptors (Lipinski definition) is 4. The molecule has 33 heavy (non-hydrogen) atoms. The van der Waals surface area contributed by atoms with E-state index in [1.165, 1.54) is 0 Å². The third-order valence-corrected chi connectivity index (χ3v) is 5.40. The number of hydrogen-bond donors (Lipinski definition) is 4. The summed E-state index contributed by atoms with van der Waals surface area (Å²) in [4.78, 5) is 15.3. The number of nitrogens with one attached hydrogen (secondary N) is 3. The van der Waals surface area contributed by atoms with Crippen LogP contribution < -0.4 is 15.4 Å². The lowest BCUT2D eigenvalue weighted by molar-refractivity contribution is -0.115. The number of aliphatic hydroxyl groups is 1. The molecule has 0 aliphatic heterocycles. The lowest BCUT2D eigenvalue weighted by atomic mass is 10.1. The minimum absolute atomic E-state index is 0.0282. The molecular weight excluding hydrogens is 414 g/mol. The van der Waals surface area contributed by atoms with Gasteiger partial charge in [0.05, 0.1) is 6.42 Å². The van der Waals surface area contributed by atoms with Crippen molar-refractivity contribution in [3.8, 4) is 5.75 Å². The number of H-pyrrole nitrogens is 1. The molecule has 0 radical (unpaired) electrons. The molecule has 6 nitrogen and oxygen atoms in total. The summed E-state index contributed by atoms with van der Waals surface area (Å²) in [5.74, 6) is 0.739. The fourth-order valence-corrected chi connectivity index (χ4v) is 3.67. The standard InChI is InChI=1S/C27H29N3O3/c31-23(19-33-26-8-4-7-25-24(26)14-16-29-25)18-28-15-13-20-9-11-22(12-10-20)30-27(32)17-21-5-2-1-3-6-21/h1-12,14,16,23,28-29,31H,13,15,17-19H2,(H,30,32)/t23-/m0/s1. The molecule has 1 atom stereocenters. The van der Waals surface area contributed by atoms with Gasteiger partial charge in [-0.2, -0.15) is 0 Å². The van der Waals surface area contributed by atoms with Crippen molar-refractivity contribution in [3.05, 3.63) is 96.2 Å². The SMILES string of the molecule is O=C(Cc1ccccc1)Nc1ccc(CCNC[C@H](O)COc2cccc3[nH]ccc23)cc1. The molecule has 0 unspecified atom stereocenters. The monoisotopic (exact) mass is 443 g/mol. The number of carbonyl (C=O) groups is 1. The third-order valence-electron chi connectivity index (χ3n) is 5.40. The van der Waals surface area contributed by atoms with E-state index in [0.29, 0.717) is 13.0 Å². The van der Waals surface area contributed by atoms with Crippen LogP contribution in [-0.4, -0.2) is 41.8 Å². The molecule has 0 fully saturated rings. The van der Waals surface area contributed by atoms with Crippen molar-refractivity contribution >= 4 is 22.5 Å². The van der Waals surface area contributed by atoms with E-state index in [1.807, 2.05) is 85.1 Å². The summed E-state index contributed by atoms with van der Waals surface area (Å²) in [5.41, 5.74) is 3.96. The van der Waals surface area contributed by atoms with E-state index in [2.05, 4.69) is 15.6 Å². The number of carbonyl (C=O) groups excluding carboxylic acids is 1. The van der Waals surface area contributed by atoms with Crippen LogP contribution in [0.25, 0.3) is 10.9 Å². The van der Waals surface area contributed by atoms with Gasteiger partial charge in [-0.05, 0) is 54.4 Å². The molecule has 0 spiro atoms. The minimum atomic E-state index is -0.596. The van der Waals surface area contributed by atoms with Crippen LogP contribution in [0.15, 0.2) is 85.1 Å². The summed E-state index contributed by atoms with van der Waals surface area (Å²) in [7, 11) is 0. The number of aromatic amines is 1. The maximum Gasteiger partial charge on any atom is 0.228 e. The summed E-state index contributed by atoms with van der Waals surface area (Å²) in [5, 5.41) is 17.4. The van der Waals surface area contributed by atoms with Gasteiger partial charge in [-0.3, -0.25) is 4.79 Å². The third kappa shape index (κ3) is 6.68. The zero-order chi connectivity index (χ0) is 22.9. The first-order valence-electron chi connectivity index (χ1n) is 11.2. The van der Waals surface area contributed by atoms with Gasteiger partial charge < -0.3 is 25.5 Å². The maximum absolute atomic E-state index is 12.2. The zero-order valence-corrected chi connectivity index (χ0v) is 18.5. The molecule has 4 N–H and O–H groups in total. The summed E-state index contributed by atoms with van der Waals surface area (Å²) in [6, 6.07) is 25.3. The Morgan fingerprint density at radius 1 is 0.939 bits per heavy atom. The summed E-state index contributed by atoms with van der Waals surface area (Å²) < 4.78 is 5.79. The van der Waals surface area contributed by atoms with E-state index in [1.54, 1.807) is 0 Å². The highest BCUT2D eigenvalue weighted by molar-refractivity contribution is 5.92. The highest BCUT2D eigenvalue weighted by Gasteiger charge is 2.08. The molecule has 4 rings (SSSR count). The maximum atomic E-state index is 12.2. The highest BCUT2D eigenvalue weighted by atomic mass is 16.5. The van der Waals surface area contributed by atoms with Gasteiger partial charge in [0.15, 0.2) is 0 Å². The number of fused-ring (bicyclic) bond motifs is 1. The number of rotatable bonds is 11. The smallest absolute Gasteiger partial charge is 0.228 e.